The molecule has 3 saturated heterocycles. The van der Waals surface area contributed by atoms with E-state index in [2.05, 4.69) is 76.0 Å². The number of carbonyl (C=O) groups excluding carboxylic acids is 3. The Balaban J connectivity index is 0.748. The number of hydrogen-bond acceptors (Lipinski definition) is 20. The van der Waals surface area contributed by atoms with E-state index in [1.165, 1.54) is 12.4 Å². The Morgan fingerprint density at radius 2 is 1.60 bits per heavy atom. The summed E-state index contributed by atoms with van der Waals surface area (Å²) in [6.07, 6.45) is 7.19. The largest absolute Gasteiger partial charge is 0.492 e. The van der Waals surface area contributed by atoms with Crippen molar-refractivity contribution in [3.05, 3.63) is 71.2 Å². The second kappa shape index (κ2) is 24.6. The van der Waals surface area contributed by atoms with E-state index in [1.54, 1.807) is 73.1 Å². The van der Waals surface area contributed by atoms with Crippen LogP contribution in [0.3, 0.4) is 0 Å². The molecule has 8 heterocycles. The van der Waals surface area contributed by atoms with Gasteiger partial charge in [-0.05, 0) is 87.3 Å². The number of rotatable bonds is 17. The monoisotopic (exact) mass is 1160 g/mol. The summed E-state index contributed by atoms with van der Waals surface area (Å²) in [5.41, 5.74) is 3.57. The van der Waals surface area contributed by atoms with E-state index in [0.29, 0.717) is 98.1 Å². The number of aromatic nitrogens is 7. The summed E-state index contributed by atoms with van der Waals surface area (Å²) >= 11 is 0. The number of fused-ring (bicyclic) bond motifs is 2. The Hall–Kier alpha value is -6.44. The number of carbonyl (C=O) groups is 3. The lowest BCUT2D eigenvalue weighted by atomic mass is 9.91. The minimum atomic E-state index is -3.94. The van der Waals surface area contributed by atoms with E-state index in [0.717, 1.165) is 73.9 Å². The highest BCUT2D eigenvalue weighted by Crippen LogP contribution is 2.41. The summed E-state index contributed by atoms with van der Waals surface area (Å²) in [6.45, 7) is 31.9. The maximum absolute atomic E-state index is 14.2. The van der Waals surface area contributed by atoms with Crippen molar-refractivity contribution < 1.29 is 37.4 Å². The second-order valence-electron chi connectivity index (χ2n) is 25.3. The summed E-state index contributed by atoms with van der Waals surface area (Å²) in [5.74, 6) is 1.32. The molecule has 0 bridgehead atoms. The highest BCUT2D eigenvalue weighted by molar-refractivity contribution is 7.92. The number of hydrogen-bond donors (Lipinski definition) is 3. The number of aliphatic hydroxyl groups excluding tert-OH is 1. The predicted molar refractivity (Wildman–Crippen MR) is 319 cm³/mol. The highest BCUT2D eigenvalue weighted by atomic mass is 32.2. The van der Waals surface area contributed by atoms with Gasteiger partial charge in [0.15, 0.2) is 9.84 Å². The number of anilines is 4. The Labute approximate surface area is 488 Å². The molecule has 3 atom stereocenters. The van der Waals surface area contributed by atoms with Gasteiger partial charge in [0, 0.05) is 144 Å². The summed E-state index contributed by atoms with van der Waals surface area (Å²) in [6, 6.07) is 5.51. The number of nitrogens with zero attached hydrogens (tertiary/aromatic N) is 13. The molecule has 4 aromatic heterocycles. The summed E-state index contributed by atoms with van der Waals surface area (Å²) < 4.78 is 40.3. The van der Waals surface area contributed by atoms with Crippen molar-refractivity contribution in [3.63, 3.8) is 0 Å². The van der Waals surface area contributed by atoms with Gasteiger partial charge in [-0.1, -0.05) is 27.2 Å². The molecule has 0 spiro atoms. The van der Waals surface area contributed by atoms with Crippen LogP contribution in [-0.2, 0) is 24.8 Å². The minimum Gasteiger partial charge on any atom is -0.492 e. The molecule has 5 aromatic rings. The number of ether oxygens (including phenoxy) is 2. The molecule has 0 radical (unpaired) electrons. The summed E-state index contributed by atoms with van der Waals surface area (Å²) in [5, 5.41) is 22.5. The smallest absolute Gasteiger partial charge is 0.437 e. The number of pyridine rings is 1. The molecular weight excluding hydrogens is 1080 g/mol. The van der Waals surface area contributed by atoms with Gasteiger partial charge in [0.05, 0.1) is 52.2 Å². The number of aliphatic hydroxyl groups is 1. The summed E-state index contributed by atoms with van der Waals surface area (Å²) in [7, 11) is -3.94. The van der Waals surface area contributed by atoms with Gasteiger partial charge in [0.25, 0.3) is 5.91 Å². The van der Waals surface area contributed by atoms with Crippen LogP contribution < -0.4 is 25.2 Å². The Kier molecular flexibility index (Phi) is 18.1. The Morgan fingerprint density at radius 3 is 2.28 bits per heavy atom. The van der Waals surface area contributed by atoms with Gasteiger partial charge in [-0.15, -0.1) is 4.68 Å². The van der Waals surface area contributed by atoms with Crippen molar-refractivity contribution >= 4 is 61.9 Å². The standard InChI is InChI=1S/C59H85N15O8S/c1-13-15-47(75)41-26-46-51(61-29-41)59(11,12)36-73(46)50(76)35-72-33-38(2)60-32-43(72)34-69-19-23-71(24-20-69)55-62-30-42(31-63-55)54(77)70-21-17-68(18-22-70)16-14-25-81-48-28-45-44(27-49(48)83(79,80)58(8,9)10)52(65-37-64-45)66-53-39(3)40(4)67-74(53)56(78)82-57(5,6)7/h26-31,37-38,43,47,60,75H,13-25,32-36H2,1-12H3,(H,64,65,66)/t38-,43-,47?/m1/s1. The SMILES string of the molecule is CCCC(O)c1cnc2c(c1)N(C(=O)CN1C[C@@H](C)NC[C@@H]1CN1CCN(c3ncc(C(=O)N4CCN(CCCOc5cc6ncnc(Nc7c(C)c(C)nn7C(=O)OC(C)(C)C)c6cc5S(=O)(=O)C(C)(C)C)CC4)cn3)CC1)CC2(C)C. The maximum atomic E-state index is 14.2. The van der Waals surface area contributed by atoms with Crippen molar-refractivity contribution in [2.75, 3.05) is 113 Å². The molecule has 2 amide bonds. The molecule has 3 fully saturated rings. The fraction of sp³-hybridized carbons (Fsp3) is 0.610. The molecule has 4 aliphatic rings. The van der Waals surface area contributed by atoms with Gasteiger partial charge in [0.1, 0.15) is 34.2 Å². The first-order valence-corrected chi connectivity index (χ1v) is 30.7. The molecule has 1 aromatic carbocycles. The number of nitrogens with one attached hydrogen (secondary N) is 2. The van der Waals surface area contributed by atoms with Gasteiger partial charge in [-0.25, -0.2) is 33.1 Å². The van der Waals surface area contributed by atoms with Crippen LogP contribution in [0.15, 0.2) is 48.0 Å². The topological polar surface area (TPSA) is 250 Å². The van der Waals surface area contributed by atoms with E-state index in [-0.39, 0.29) is 52.4 Å². The Bertz CT molecular complexity index is 3270. The van der Waals surface area contributed by atoms with Gasteiger partial charge in [0.2, 0.25) is 11.9 Å². The summed E-state index contributed by atoms with van der Waals surface area (Å²) in [4.78, 5) is 77.1. The van der Waals surface area contributed by atoms with Gasteiger partial charge in [-0.2, -0.15) is 5.10 Å². The van der Waals surface area contributed by atoms with E-state index in [9.17, 15) is 27.9 Å². The lowest BCUT2D eigenvalue weighted by Crippen LogP contribution is -2.62. The van der Waals surface area contributed by atoms with E-state index < -0.39 is 32.4 Å². The van der Waals surface area contributed by atoms with Crippen molar-refractivity contribution in [2.45, 2.75) is 141 Å². The quantitative estimate of drug-likeness (QED) is 0.0917. The first kappa shape index (κ1) is 61.1. The lowest BCUT2D eigenvalue weighted by molar-refractivity contribution is -0.120. The molecule has 24 heteroatoms. The average Bonchev–Trinajstić information content (AvgIpc) is 3.72. The van der Waals surface area contributed by atoms with Crippen LogP contribution in [0.25, 0.3) is 10.9 Å². The molecule has 1 unspecified atom stereocenters. The molecule has 83 heavy (non-hydrogen) atoms. The fourth-order valence-corrected chi connectivity index (χ4v) is 12.5. The van der Waals surface area contributed by atoms with E-state index >= 15 is 0 Å². The first-order valence-electron chi connectivity index (χ1n) is 29.2. The highest BCUT2D eigenvalue weighted by Gasteiger charge is 2.42. The zero-order valence-corrected chi connectivity index (χ0v) is 51.3. The normalized spacial score (nSPS) is 19.7. The van der Waals surface area contributed by atoms with Crippen molar-refractivity contribution in [1.82, 2.24) is 59.6 Å². The van der Waals surface area contributed by atoms with Crippen LogP contribution in [0.4, 0.5) is 28.1 Å². The number of sulfone groups is 1. The molecular formula is C59H85N15O8S. The van der Waals surface area contributed by atoms with Gasteiger partial charge < -0.3 is 39.9 Å². The maximum Gasteiger partial charge on any atom is 0.437 e. The number of amides is 2. The van der Waals surface area contributed by atoms with Crippen LogP contribution in [0.1, 0.15) is 127 Å². The number of benzene rings is 1. The second-order valence-corrected chi connectivity index (χ2v) is 28.0. The molecule has 3 N–H and O–H groups in total. The van der Waals surface area contributed by atoms with Crippen LogP contribution in [-0.4, -0.2) is 206 Å². The third-order valence-corrected chi connectivity index (χ3v) is 18.7. The van der Waals surface area contributed by atoms with Gasteiger partial charge >= 0.3 is 6.09 Å². The minimum absolute atomic E-state index is 0.0000695. The van der Waals surface area contributed by atoms with E-state index in [1.807, 2.05) is 29.7 Å². The average molecular weight is 1160 g/mol. The van der Waals surface area contributed by atoms with Crippen molar-refractivity contribution in [1.29, 1.82) is 0 Å². The molecule has 4 aliphatic heterocycles. The zero-order chi connectivity index (χ0) is 59.8. The first-order chi connectivity index (χ1) is 39.2. The van der Waals surface area contributed by atoms with Crippen LogP contribution >= 0.6 is 0 Å². The lowest BCUT2D eigenvalue weighted by Gasteiger charge is -2.43. The molecule has 23 nitrogen and oxygen atoms in total. The van der Waals surface area contributed by atoms with Crippen molar-refractivity contribution in [3.8, 4) is 5.75 Å². The third kappa shape index (κ3) is 13.7. The number of aryl methyl sites for hydroxylation is 1. The van der Waals surface area contributed by atoms with Crippen LogP contribution in [0.5, 0.6) is 5.75 Å². The fourth-order valence-electron chi connectivity index (χ4n) is 11.2. The van der Waals surface area contributed by atoms with Crippen LogP contribution in [0.2, 0.25) is 0 Å². The Morgan fingerprint density at radius 1 is 0.904 bits per heavy atom. The van der Waals surface area contributed by atoms with Crippen molar-refractivity contribution in [2.24, 2.45) is 0 Å². The third-order valence-electron chi connectivity index (χ3n) is 16.2. The molecule has 9 rings (SSSR count). The zero-order valence-electron chi connectivity index (χ0n) is 50.5. The van der Waals surface area contributed by atoms with Gasteiger partial charge in [-0.3, -0.25) is 29.3 Å². The number of piperazine rings is 3. The predicted octanol–water partition coefficient (Wildman–Crippen LogP) is 5.90. The molecule has 0 saturated carbocycles. The molecule has 0 aliphatic carbocycles. The van der Waals surface area contributed by atoms with Crippen LogP contribution in [0, 0.1) is 13.8 Å². The molecule has 450 valence electrons. The van der Waals surface area contributed by atoms with E-state index in [4.69, 9.17) is 14.5 Å².